The standard InChI is InChI=1S/C18H14N2O3S/c1-10-5-14-12(7-16(21)23-15(14)6-11(10)2)8-22-17-13-3-4-24-18(13)20-9-19-17/h3-7,9H,8H2,1-2H3. The maximum Gasteiger partial charge on any atom is 0.336 e. The van der Waals surface area contributed by atoms with E-state index in [0.717, 1.165) is 32.3 Å². The number of rotatable bonds is 3. The third-order valence-electron chi connectivity index (χ3n) is 4.03. The molecule has 0 bridgehead atoms. The Morgan fingerprint density at radius 3 is 2.83 bits per heavy atom. The van der Waals surface area contributed by atoms with Crippen molar-refractivity contribution in [3.05, 3.63) is 63.1 Å². The summed E-state index contributed by atoms with van der Waals surface area (Å²) in [5.74, 6) is 0.520. The topological polar surface area (TPSA) is 65.2 Å². The van der Waals surface area contributed by atoms with E-state index in [-0.39, 0.29) is 12.2 Å². The number of thiophene rings is 1. The van der Waals surface area contributed by atoms with Crippen LogP contribution in [-0.4, -0.2) is 9.97 Å². The van der Waals surface area contributed by atoms with Crippen molar-refractivity contribution in [2.75, 3.05) is 0 Å². The highest BCUT2D eigenvalue weighted by atomic mass is 32.1. The van der Waals surface area contributed by atoms with Gasteiger partial charge < -0.3 is 9.15 Å². The largest absolute Gasteiger partial charge is 0.472 e. The average Bonchev–Trinajstić information content (AvgIpc) is 3.03. The van der Waals surface area contributed by atoms with E-state index in [1.165, 1.54) is 23.7 Å². The fourth-order valence-corrected chi connectivity index (χ4v) is 3.35. The fraction of sp³-hybridized carbons (Fsp3) is 0.167. The summed E-state index contributed by atoms with van der Waals surface area (Å²) in [7, 11) is 0. The molecule has 0 aliphatic carbocycles. The van der Waals surface area contributed by atoms with Crippen molar-refractivity contribution >= 4 is 32.5 Å². The van der Waals surface area contributed by atoms with E-state index in [1.54, 1.807) is 0 Å². The van der Waals surface area contributed by atoms with Crippen LogP contribution in [-0.2, 0) is 6.61 Å². The number of aryl methyl sites for hydroxylation is 2. The number of fused-ring (bicyclic) bond motifs is 2. The minimum Gasteiger partial charge on any atom is -0.472 e. The average molecular weight is 338 g/mol. The van der Waals surface area contributed by atoms with Crippen LogP contribution in [0.2, 0.25) is 0 Å². The molecule has 3 aromatic heterocycles. The molecule has 0 unspecified atom stereocenters. The fourth-order valence-electron chi connectivity index (χ4n) is 2.63. The van der Waals surface area contributed by atoms with Crippen LogP contribution in [0, 0.1) is 13.8 Å². The molecule has 0 aliphatic rings. The van der Waals surface area contributed by atoms with Gasteiger partial charge in [-0.2, -0.15) is 0 Å². The number of benzene rings is 1. The first kappa shape index (κ1) is 14.8. The summed E-state index contributed by atoms with van der Waals surface area (Å²) in [4.78, 5) is 21.1. The van der Waals surface area contributed by atoms with E-state index in [2.05, 4.69) is 9.97 Å². The number of hydrogen-bond donors (Lipinski definition) is 0. The van der Waals surface area contributed by atoms with Crippen LogP contribution >= 0.6 is 11.3 Å². The minimum atomic E-state index is -0.382. The summed E-state index contributed by atoms with van der Waals surface area (Å²) in [5.41, 5.74) is 3.20. The predicted molar refractivity (Wildman–Crippen MR) is 93.7 cm³/mol. The highest BCUT2D eigenvalue weighted by Gasteiger charge is 2.11. The van der Waals surface area contributed by atoms with Gasteiger partial charge in [-0.25, -0.2) is 14.8 Å². The Balaban J connectivity index is 1.75. The molecular weight excluding hydrogens is 324 g/mol. The molecule has 0 aliphatic heterocycles. The van der Waals surface area contributed by atoms with Crippen molar-refractivity contribution in [2.24, 2.45) is 0 Å². The van der Waals surface area contributed by atoms with Crippen LogP contribution in [0.3, 0.4) is 0 Å². The Hall–Kier alpha value is -2.73. The predicted octanol–water partition coefficient (Wildman–Crippen LogP) is 3.99. The molecule has 3 heterocycles. The Morgan fingerprint density at radius 1 is 1.12 bits per heavy atom. The summed E-state index contributed by atoms with van der Waals surface area (Å²) in [5, 5.41) is 3.71. The zero-order valence-corrected chi connectivity index (χ0v) is 14.0. The van der Waals surface area contributed by atoms with Crippen LogP contribution < -0.4 is 10.4 Å². The molecule has 0 spiro atoms. The summed E-state index contributed by atoms with van der Waals surface area (Å²) < 4.78 is 11.2. The highest BCUT2D eigenvalue weighted by molar-refractivity contribution is 7.16. The summed E-state index contributed by atoms with van der Waals surface area (Å²) >= 11 is 1.54. The van der Waals surface area contributed by atoms with Gasteiger partial charge >= 0.3 is 5.63 Å². The molecule has 0 saturated heterocycles. The molecule has 120 valence electrons. The van der Waals surface area contributed by atoms with Gasteiger partial charge in [0.05, 0.1) is 5.39 Å². The monoisotopic (exact) mass is 338 g/mol. The summed E-state index contributed by atoms with van der Waals surface area (Å²) in [6.07, 6.45) is 1.49. The lowest BCUT2D eigenvalue weighted by Crippen LogP contribution is -2.05. The zero-order chi connectivity index (χ0) is 16.7. The van der Waals surface area contributed by atoms with Crippen molar-refractivity contribution in [3.63, 3.8) is 0 Å². The van der Waals surface area contributed by atoms with E-state index in [4.69, 9.17) is 9.15 Å². The maximum absolute atomic E-state index is 11.8. The first-order chi connectivity index (χ1) is 11.6. The van der Waals surface area contributed by atoms with E-state index in [9.17, 15) is 4.79 Å². The second kappa shape index (κ2) is 5.72. The van der Waals surface area contributed by atoms with Gasteiger partial charge in [0, 0.05) is 17.0 Å². The van der Waals surface area contributed by atoms with Gasteiger partial charge in [0.2, 0.25) is 5.88 Å². The maximum atomic E-state index is 11.8. The Morgan fingerprint density at radius 2 is 1.96 bits per heavy atom. The van der Waals surface area contributed by atoms with Crippen LogP contribution in [0.5, 0.6) is 5.88 Å². The van der Waals surface area contributed by atoms with Crippen molar-refractivity contribution in [1.82, 2.24) is 9.97 Å². The van der Waals surface area contributed by atoms with E-state index >= 15 is 0 Å². The van der Waals surface area contributed by atoms with Crippen LogP contribution in [0.4, 0.5) is 0 Å². The SMILES string of the molecule is Cc1cc2oc(=O)cc(COc3ncnc4sccc34)c2cc1C. The van der Waals surface area contributed by atoms with E-state index < -0.39 is 0 Å². The van der Waals surface area contributed by atoms with Gasteiger partial charge in [-0.1, -0.05) is 0 Å². The molecule has 0 fully saturated rings. The molecule has 0 atom stereocenters. The Bertz CT molecular complexity index is 1110. The van der Waals surface area contributed by atoms with Gasteiger partial charge in [-0.15, -0.1) is 11.3 Å². The molecular formula is C18H14N2O3S. The lowest BCUT2D eigenvalue weighted by molar-refractivity contribution is 0.298. The van der Waals surface area contributed by atoms with Gasteiger partial charge in [-0.3, -0.25) is 0 Å². The van der Waals surface area contributed by atoms with Crippen LogP contribution in [0.25, 0.3) is 21.2 Å². The molecule has 1 aromatic carbocycles. The second-order valence-corrected chi connectivity index (χ2v) is 6.52. The number of ether oxygens (including phenoxy) is 1. The second-order valence-electron chi connectivity index (χ2n) is 5.63. The lowest BCUT2D eigenvalue weighted by atomic mass is 10.0. The number of nitrogens with zero attached hydrogens (tertiary/aromatic N) is 2. The molecule has 5 nitrogen and oxygen atoms in total. The van der Waals surface area contributed by atoms with E-state index in [0.29, 0.717) is 11.5 Å². The highest BCUT2D eigenvalue weighted by Crippen LogP contribution is 2.27. The van der Waals surface area contributed by atoms with Gasteiger partial charge in [0.1, 0.15) is 23.3 Å². The number of aromatic nitrogens is 2. The third kappa shape index (κ3) is 2.55. The van der Waals surface area contributed by atoms with Gasteiger partial charge in [0.25, 0.3) is 0 Å². The van der Waals surface area contributed by atoms with E-state index in [1.807, 2.05) is 37.4 Å². The molecule has 4 rings (SSSR count). The van der Waals surface area contributed by atoms with Crippen LogP contribution in [0.15, 0.2) is 45.2 Å². The third-order valence-corrected chi connectivity index (χ3v) is 4.85. The molecule has 0 saturated carbocycles. The van der Waals surface area contributed by atoms with Crippen molar-refractivity contribution in [1.29, 1.82) is 0 Å². The van der Waals surface area contributed by atoms with Crippen molar-refractivity contribution in [2.45, 2.75) is 20.5 Å². The van der Waals surface area contributed by atoms with Gasteiger partial charge in [-0.05, 0) is 48.6 Å². The van der Waals surface area contributed by atoms with Gasteiger partial charge in [0.15, 0.2) is 0 Å². The van der Waals surface area contributed by atoms with Crippen molar-refractivity contribution < 1.29 is 9.15 Å². The first-order valence-electron chi connectivity index (χ1n) is 7.47. The molecule has 0 radical (unpaired) electrons. The molecule has 24 heavy (non-hydrogen) atoms. The van der Waals surface area contributed by atoms with Crippen LogP contribution in [0.1, 0.15) is 16.7 Å². The molecule has 0 N–H and O–H groups in total. The quantitative estimate of drug-likeness (QED) is 0.528. The molecule has 6 heteroatoms. The Labute approximate surface area is 141 Å². The summed E-state index contributed by atoms with van der Waals surface area (Å²) in [6.45, 7) is 4.27. The normalized spacial score (nSPS) is 11.2. The van der Waals surface area contributed by atoms with Crippen molar-refractivity contribution in [3.8, 4) is 5.88 Å². The lowest BCUT2D eigenvalue weighted by Gasteiger charge is -2.09. The molecule has 4 aromatic rings. The minimum absolute atomic E-state index is 0.243. The summed E-state index contributed by atoms with van der Waals surface area (Å²) in [6, 6.07) is 7.31. The Kier molecular flexibility index (Phi) is 3.54. The smallest absolute Gasteiger partial charge is 0.336 e. The molecule has 0 amide bonds. The number of hydrogen-bond acceptors (Lipinski definition) is 6. The first-order valence-corrected chi connectivity index (χ1v) is 8.35. The zero-order valence-electron chi connectivity index (χ0n) is 13.2.